The summed E-state index contributed by atoms with van der Waals surface area (Å²) < 4.78 is 3.83. The fourth-order valence-electron chi connectivity index (χ4n) is 4.25. The van der Waals surface area contributed by atoms with Crippen molar-refractivity contribution in [3.63, 3.8) is 0 Å². The molecule has 1 amide bonds. The molecule has 0 N–H and O–H groups in total. The van der Waals surface area contributed by atoms with E-state index in [1.807, 2.05) is 49.3 Å². The number of amides is 1. The standard InChI is InChI=1S/C23H25N7O/c1-17-25-21(15-22(26-17)30-9-5-8-24-30)28-10-12-29(13-11-28)23(31)14-18-16-27(2)20-7-4-3-6-19(18)20/h3-9,15-16H,10-14H2,1-2H3. The molecule has 0 saturated carbocycles. The molecule has 1 saturated heterocycles. The maximum atomic E-state index is 13.0. The Morgan fingerprint density at radius 3 is 2.58 bits per heavy atom. The van der Waals surface area contributed by atoms with Gasteiger partial charge in [-0.2, -0.15) is 5.10 Å². The van der Waals surface area contributed by atoms with Crippen molar-refractivity contribution in [2.45, 2.75) is 13.3 Å². The van der Waals surface area contributed by atoms with Crippen molar-refractivity contribution < 1.29 is 4.79 Å². The van der Waals surface area contributed by atoms with Gasteiger partial charge in [0.2, 0.25) is 5.91 Å². The van der Waals surface area contributed by atoms with E-state index in [0.29, 0.717) is 25.3 Å². The molecule has 1 aliphatic rings. The average Bonchev–Trinajstić information content (AvgIpc) is 3.43. The first-order valence-electron chi connectivity index (χ1n) is 10.5. The number of piperazine rings is 1. The van der Waals surface area contributed by atoms with Gasteiger partial charge in [0.25, 0.3) is 0 Å². The maximum absolute atomic E-state index is 13.0. The first kappa shape index (κ1) is 19.3. The van der Waals surface area contributed by atoms with Crippen LogP contribution in [-0.2, 0) is 18.3 Å². The molecule has 8 nitrogen and oxygen atoms in total. The Balaban J connectivity index is 1.27. The molecule has 158 valence electrons. The van der Waals surface area contributed by atoms with Gasteiger partial charge in [-0.05, 0) is 24.6 Å². The summed E-state index contributed by atoms with van der Waals surface area (Å²) in [6, 6.07) is 12.1. The molecule has 4 aromatic rings. The van der Waals surface area contributed by atoms with Crippen LogP contribution in [0.3, 0.4) is 0 Å². The Hall–Kier alpha value is -3.68. The van der Waals surface area contributed by atoms with Crippen LogP contribution < -0.4 is 4.90 Å². The Bertz CT molecular complexity index is 1220. The van der Waals surface area contributed by atoms with Crippen molar-refractivity contribution in [1.29, 1.82) is 0 Å². The number of hydrogen-bond donors (Lipinski definition) is 0. The van der Waals surface area contributed by atoms with E-state index in [1.165, 1.54) is 0 Å². The molecule has 4 heterocycles. The molecule has 0 spiro atoms. The Morgan fingerprint density at radius 2 is 1.81 bits per heavy atom. The highest BCUT2D eigenvalue weighted by atomic mass is 16.2. The van der Waals surface area contributed by atoms with Crippen molar-refractivity contribution in [3.8, 4) is 5.82 Å². The van der Waals surface area contributed by atoms with Gasteiger partial charge in [-0.1, -0.05) is 18.2 Å². The van der Waals surface area contributed by atoms with Crippen LogP contribution in [0.5, 0.6) is 0 Å². The number of carbonyl (C=O) groups is 1. The van der Waals surface area contributed by atoms with Gasteiger partial charge in [0.05, 0.1) is 6.42 Å². The zero-order valence-corrected chi connectivity index (χ0v) is 17.8. The van der Waals surface area contributed by atoms with Crippen LogP contribution in [0.1, 0.15) is 11.4 Å². The summed E-state index contributed by atoms with van der Waals surface area (Å²) >= 11 is 0. The molecular formula is C23H25N7O. The minimum Gasteiger partial charge on any atom is -0.353 e. The highest BCUT2D eigenvalue weighted by molar-refractivity contribution is 5.89. The first-order chi connectivity index (χ1) is 15.1. The van der Waals surface area contributed by atoms with E-state index < -0.39 is 0 Å². The van der Waals surface area contributed by atoms with Crippen LogP contribution in [0.15, 0.2) is 55.0 Å². The molecule has 31 heavy (non-hydrogen) atoms. The molecule has 1 aromatic carbocycles. The van der Waals surface area contributed by atoms with Crippen LogP contribution >= 0.6 is 0 Å². The monoisotopic (exact) mass is 415 g/mol. The number of para-hydroxylation sites is 1. The van der Waals surface area contributed by atoms with Gasteiger partial charge in [-0.25, -0.2) is 14.6 Å². The van der Waals surface area contributed by atoms with E-state index in [1.54, 1.807) is 10.9 Å². The normalized spacial score (nSPS) is 14.4. The van der Waals surface area contributed by atoms with Gasteiger partial charge in [0.1, 0.15) is 11.6 Å². The quantitative estimate of drug-likeness (QED) is 0.512. The lowest BCUT2D eigenvalue weighted by atomic mass is 10.1. The number of carbonyl (C=O) groups excluding carboxylic acids is 1. The van der Waals surface area contributed by atoms with Gasteiger partial charge in [-0.3, -0.25) is 4.79 Å². The third-order valence-corrected chi connectivity index (χ3v) is 5.83. The van der Waals surface area contributed by atoms with Crippen molar-refractivity contribution >= 4 is 22.6 Å². The third-order valence-electron chi connectivity index (χ3n) is 5.83. The summed E-state index contributed by atoms with van der Waals surface area (Å²) in [5.74, 6) is 2.51. The molecule has 0 bridgehead atoms. The number of nitrogens with zero attached hydrogens (tertiary/aromatic N) is 7. The zero-order chi connectivity index (χ0) is 21.4. The highest BCUT2D eigenvalue weighted by Gasteiger charge is 2.23. The van der Waals surface area contributed by atoms with Crippen LogP contribution in [0.25, 0.3) is 16.7 Å². The predicted octanol–water partition coefficient (Wildman–Crippen LogP) is 2.35. The lowest BCUT2D eigenvalue weighted by Gasteiger charge is -2.35. The van der Waals surface area contributed by atoms with Gasteiger partial charge < -0.3 is 14.4 Å². The molecule has 8 heteroatoms. The number of benzene rings is 1. The minimum atomic E-state index is 0.173. The largest absolute Gasteiger partial charge is 0.353 e. The average molecular weight is 416 g/mol. The second-order valence-electron chi connectivity index (χ2n) is 7.91. The number of rotatable bonds is 4. The van der Waals surface area contributed by atoms with E-state index in [2.05, 4.69) is 42.9 Å². The van der Waals surface area contributed by atoms with Crippen molar-refractivity contribution in [3.05, 3.63) is 66.4 Å². The number of aryl methyl sites for hydroxylation is 2. The van der Waals surface area contributed by atoms with Crippen LogP contribution in [0.2, 0.25) is 0 Å². The number of fused-ring (bicyclic) bond motifs is 1. The maximum Gasteiger partial charge on any atom is 0.227 e. The molecular weight excluding hydrogens is 390 g/mol. The van der Waals surface area contributed by atoms with Crippen molar-refractivity contribution in [2.24, 2.45) is 7.05 Å². The van der Waals surface area contributed by atoms with E-state index in [9.17, 15) is 4.79 Å². The number of hydrogen-bond acceptors (Lipinski definition) is 5. The second-order valence-corrected chi connectivity index (χ2v) is 7.91. The molecule has 0 aliphatic carbocycles. The SMILES string of the molecule is Cc1nc(N2CCN(C(=O)Cc3cn(C)c4ccccc34)CC2)cc(-n2cccn2)n1. The number of anilines is 1. The molecule has 3 aromatic heterocycles. The first-order valence-corrected chi connectivity index (χ1v) is 10.5. The Morgan fingerprint density at radius 1 is 1.03 bits per heavy atom. The Labute approximate surface area is 180 Å². The lowest BCUT2D eigenvalue weighted by Crippen LogP contribution is -2.49. The van der Waals surface area contributed by atoms with Crippen LogP contribution in [0.4, 0.5) is 5.82 Å². The van der Waals surface area contributed by atoms with Gasteiger partial charge in [0, 0.05) is 68.8 Å². The predicted molar refractivity (Wildman–Crippen MR) is 119 cm³/mol. The van der Waals surface area contributed by atoms with Gasteiger partial charge >= 0.3 is 0 Å². The fraction of sp³-hybridized carbons (Fsp3) is 0.304. The van der Waals surface area contributed by atoms with Crippen molar-refractivity contribution in [2.75, 3.05) is 31.1 Å². The highest BCUT2D eigenvalue weighted by Crippen LogP contribution is 2.22. The summed E-state index contributed by atoms with van der Waals surface area (Å²) in [7, 11) is 2.02. The summed E-state index contributed by atoms with van der Waals surface area (Å²) in [4.78, 5) is 26.3. The van der Waals surface area contributed by atoms with Gasteiger partial charge in [0.15, 0.2) is 5.82 Å². The smallest absolute Gasteiger partial charge is 0.227 e. The van der Waals surface area contributed by atoms with E-state index in [-0.39, 0.29) is 5.91 Å². The van der Waals surface area contributed by atoms with Crippen LogP contribution in [-0.4, -0.2) is 61.3 Å². The molecule has 5 rings (SSSR count). The summed E-state index contributed by atoms with van der Waals surface area (Å²) in [6.45, 7) is 4.75. The Kier molecular flexibility index (Phi) is 4.89. The topological polar surface area (TPSA) is 72.1 Å². The van der Waals surface area contributed by atoms with Crippen molar-refractivity contribution in [1.82, 2.24) is 29.2 Å². The minimum absolute atomic E-state index is 0.173. The molecule has 0 radical (unpaired) electrons. The zero-order valence-electron chi connectivity index (χ0n) is 17.8. The molecule has 0 unspecified atom stereocenters. The van der Waals surface area contributed by atoms with Gasteiger partial charge in [-0.15, -0.1) is 0 Å². The summed E-state index contributed by atoms with van der Waals surface area (Å²) in [5, 5.41) is 5.42. The second kappa shape index (κ2) is 7.86. The molecule has 1 fully saturated rings. The van der Waals surface area contributed by atoms with Crippen LogP contribution in [0, 0.1) is 6.92 Å². The summed E-state index contributed by atoms with van der Waals surface area (Å²) in [6.07, 6.45) is 6.10. The van der Waals surface area contributed by atoms with E-state index in [4.69, 9.17) is 0 Å². The molecule has 1 aliphatic heterocycles. The number of aromatic nitrogens is 5. The lowest BCUT2D eigenvalue weighted by molar-refractivity contribution is -0.130. The van der Waals surface area contributed by atoms with E-state index >= 15 is 0 Å². The fourth-order valence-corrected chi connectivity index (χ4v) is 4.25. The third kappa shape index (κ3) is 3.76. The van der Waals surface area contributed by atoms with E-state index in [0.717, 1.165) is 41.2 Å². The molecule has 0 atom stereocenters. The summed E-state index contributed by atoms with van der Waals surface area (Å²) in [5.41, 5.74) is 2.24.